The third-order valence-electron chi connectivity index (χ3n) is 5.08. The normalized spacial score (nSPS) is 19.3. The Bertz CT molecular complexity index is 1230. The molecule has 0 aliphatic carbocycles. The van der Waals surface area contributed by atoms with E-state index >= 15 is 0 Å². The van der Waals surface area contributed by atoms with Crippen LogP contribution in [0.1, 0.15) is 5.56 Å². The summed E-state index contributed by atoms with van der Waals surface area (Å²) >= 11 is 0. The molecule has 140 valence electrons. The first kappa shape index (κ1) is 16.5. The molecule has 2 aromatic carbocycles. The topological polar surface area (TPSA) is 120 Å². The van der Waals surface area contributed by atoms with Gasteiger partial charge in [-0.15, -0.1) is 0 Å². The largest absolute Gasteiger partial charge is 0.398 e. The van der Waals surface area contributed by atoms with Crippen molar-refractivity contribution in [2.45, 2.75) is 12.1 Å². The Morgan fingerprint density at radius 2 is 1.75 bits per heavy atom. The van der Waals surface area contributed by atoms with E-state index in [4.69, 9.17) is 11.5 Å². The van der Waals surface area contributed by atoms with Crippen LogP contribution in [0, 0.1) is 0 Å². The number of H-pyrrole nitrogens is 2. The fraction of sp³-hybridized carbons (Fsp3) is 0.0952. The maximum atomic E-state index is 6.60. The first-order chi connectivity index (χ1) is 13.6. The molecule has 2 aromatic heterocycles. The average molecular weight is 371 g/mol. The number of anilines is 1. The van der Waals surface area contributed by atoms with Gasteiger partial charge in [0.15, 0.2) is 5.66 Å². The van der Waals surface area contributed by atoms with E-state index in [9.17, 15) is 0 Å². The van der Waals surface area contributed by atoms with E-state index in [2.05, 4.69) is 31.7 Å². The molecule has 0 fully saturated rings. The van der Waals surface area contributed by atoms with E-state index < -0.39 is 5.66 Å². The molecule has 7 heteroatoms. The van der Waals surface area contributed by atoms with Gasteiger partial charge in [0.1, 0.15) is 0 Å². The number of fused-ring (bicyclic) bond motifs is 2. The molecule has 3 heterocycles. The van der Waals surface area contributed by atoms with Crippen LogP contribution in [-0.4, -0.2) is 21.6 Å². The molecule has 0 saturated heterocycles. The molecule has 4 aromatic rings. The van der Waals surface area contributed by atoms with E-state index in [-0.39, 0.29) is 0 Å². The third-order valence-corrected chi connectivity index (χ3v) is 5.08. The van der Waals surface area contributed by atoms with Crippen LogP contribution in [-0.2, 0) is 6.42 Å². The zero-order valence-corrected chi connectivity index (χ0v) is 15.2. The highest BCUT2D eigenvalue weighted by atomic mass is 15.2. The molecular weight excluding hydrogens is 350 g/mol. The SMILES string of the molecule is NC1=CNC(Nc2ccc3cc[nH]c3c2)=NC1(N)Cc1ccc2[nH]ccc2c1. The Morgan fingerprint density at radius 3 is 2.64 bits per heavy atom. The quantitative estimate of drug-likeness (QED) is 0.332. The molecule has 1 aliphatic rings. The van der Waals surface area contributed by atoms with Crippen molar-refractivity contribution in [3.63, 3.8) is 0 Å². The number of hydrogen-bond donors (Lipinski definition) is 6. The zero-order valence-electron chi connectivity index (χ0n) is 15.2. The number of aliphatic imine (C=N–C) groups is 1. The molecule has 28 heavy (non-hydrogen) atoms. The van der Waals surface area contributed by atoms with Crippen LogP contribution in [0.5, 0.6) is 0 Å². The molecule has 0 radical (unpaired) electrons. The highest BCUT2D eigenvalue weighted by Crippen LogP contribution is 2.24. The molecule has 7 nitrogen and oxygen atoms in total. The summed E-state index contributed by atoms with van der Waals surface area (Å²) in [7, 11) is 0. The van der Waals surface area contributed by atoms with Crippen molar-refractivity contribution in [2.24, 2.45) is 16.5 Å². The second-order valence-corrected chi connectivity index (χ2v) is 7.11. The Hall–Kier alpha value is -3.71. The van der Waals surface area contributed by atoms with Gasteiger partial charge >= 0.3 is 0 Å². The maximum Gasteiger partial charge on any atom is 0.202 e. The Kier molecular flexibility index (Phi) is 3.63. The zero-order chi connectivity index (χ0) is 19.1. The smallest absolute Gasteiger partial charge is 0.202 e. The van der Waals surface area contributed by atoms with Crippen molar-refractivity contribution >= 4 is 33.5 Å². The number of aromatic nitrogens is 2. The summed E-state index contributed by atoms with van der Waals surface area (Å²) in [4.78, 5) is 11.1. The van der Waals surface area contributed by atoms with E-state index in [1.807, 2.05) is 54.9 Å². The molecule has 0 saturated carbocycles. The van der Waals surface area contributed by atoms with Crippen LogP contribution < -0.4 is 22.1 Å². The molecule has 0 spiro atoms. The van der Waals surface area contributed by atoms with Crippen LogP contribution in [0.25, 0.3) is 21.8 Å². The van der Waals surface area contributed by atoms with Gasteiger partial charge in [0, 0.05) is 41.7 Å². The molecular formula is C21H21N7. The van der Waals surface area contributed by atoms with E-state index in [0.29, 0.717) is 18.1 Å². The molecule has 1 unspecified atom stereocenters. The molecule has 1 aliphatic heterocycles. The van der Waals surface area contributed by atoms with Gasteiger partial charge < -0.3 is 32.1 Å². The van der Waals surface area contributed by atoms with Gasteiger partial charge in [-0.25, -0.2) is 4.99 Å². The highest BCUT2D eigenvalue weighted by Gasteiger charge is 2.31. The number of rotatable bonds is 3. The molecule has 8 N–H and O–H groups in total. The fourth-order valence-electron chi connectivity index (χ4n) is 3.56. The average Bonchev–Trinajstić information content (AvgIpc) is 3.33. The number of benzene rings is 2. The molecule has 5 rings (SSSR count). The Labute approximate surface area is 161 Å². The minimum absolute atomic E-state index is 0.493. The summed E-state index contributed by atoms with van der Waals surface area (Å²) in [5.41, 5.74) is 16.4. The lowest BCUT2D eigenvalue weighted by Crippen LogP contribution is -2.51. The monoisotopic (exact) mass is 371 g/mol. The van der Waals surface area contributed by atoms with Crippen LogP contribution in [0.15, 0.2) is 77.8 Å². The van der Waals surface area contributed by atoms with E-state index in [0.717, 1.165) is 33.1 Å². The Balaban J connectivity index is 1.42. The van der Waals surface area contributed by atoms with E-state index in [1.165, 1.54) is 0 Å². The summed E-state index contributed by atoms with van der Waals surface area (Å²) in [5.74, 6) is 0.560. The van der Waals surface area contributed by atoms with Crippen molar-refractivity contribution in [2.75, 3.05) is 5.32 Å². The van der Waals surface area contributed by atoms with Crippen molar-refractivity contribution < 1.29 is 0 Å². The third kappa shape index (κ3) is 2.87. The molecule has 0 bridgehead atoms. The van der Waals surface area contributed by atoms with Gasteiger partial charge in [0.2, 0.25) is 5.96 Å². The summed E-state index contributed by atoms with van der Waals surface area (Å²) < 4.78 is 0. The second-order valence-electron chi connectivity index (χ2n) is 7.11. The minimum atomic E-state index is -1.02. The number of guanidine groups is 1. The first-order valence-corrected chi connectivity index (χ1v) is 9.11. The predicted molar refractivity (Wildman–Crippen MR) is 114 cm³/mol. The van der Waals surface area contributed by atoms with Crippen molar-refractivity contribution in [1.82, 2.24) is 15.3 Å². The fourth-order valence-corrected chi connectivity index (χ4v) is 3.56. The number of nitrogens with two attached hydrogens (primary N) is 2. The van der Waals surface area contributed by atoms with Crippen LogP contribution in [0.2, 0.25) is 0 Å². The first-order valence-electron chi connectivity index (χ1n) is 9.11. The second kappa shape index (κ2) is 6.17. The van der Waals surface area contributed by atoms with Crippen LogP contribution >= 0.6 is 0 Å². The summed E-state index contributed by atoms with van der Waals surface area (Å²) in [6.45, 7) is 0. The van der Waals surface area contributed by atoms with Crippen LogP contribution in [0.3, 0.4) is 0 Å². The van der Waals surface area contributed by atoms with Crippen molar-refractivity contribution in [3.05, 3.63) is 78.4 Å². The minimum Gasteiger partial charge on any atom is -0.398 e. The van der Waals surface area contributed by atoms with Crippen LogP contribution in [0.4, 0.5) is 5.69 Å². The lowest BCUT2D eigenvalue weighted by molar-refractivity contribution is 0.503. The lowest BCUT2D eigenvalue weighted by atomic mass is 9.96. The molecule has 0 amide bonds. The standard InChI is InChI=1S/C21H21N7/c22-19-12-26-20(27-16-3-2-14-5-7-25-18(14)10-16)28-21(19,23)11-13-1-4-17-15(9-13)6-8-24-17/h1-10,12,24-25H,11,22-23H2,(H2,26,27,28). The van der Waals surface area contributed by atoms with Crippen molar-refractivity contribution in [3.8, 4) is 0 Å². The van der Waals surface area contributed by atoms with Gasteiger partial charge in [-0.2, -0.15) is 0 Å². The number of hydrogen-bond acceptors (Lipinski definition) is 5. The van der Waals surface area contributed by atoms with Gasteiger partial charge in [-0.1, -0.05) is 12.1 Å². The van der Waals surface area contributed by atoms with Gasteiger partial charge in [0.05, 0.1) is 5.70 Å². The molecule has 1 atom stereocenters. The van der Waals surface area contributed by atoms with Gasteiger partial charge in [-0.3, -0.25) is 0 Å². The van der Waals surface area contributed by atoms with Crippen molar-refractivity contribution in [1.29, 1.82) is 0 Å². The summed E-state index contributed by atoms with van der Waals surface area (Å²) in [5, 5.41) is 8.66. The highest BCUT2D eigenvalue weighted by molar-refractivity contribution is 5.97. The number of aromatic amines is 2. The van der Waals surface area contributed by atoms with Gasteiger partial charge in [0.25, 0.3) is 0 Å². The van der Waals surface area contributed by atoms with E-state index in [1.54, 1.807) is 6.20 Å². The summed E-state index contributed by atoms with van der Waals surface area (Å²) in [6, 6.07) is 16.3. The predicted octanol–water partition coefficient (Wildman–Crippen LogP) is 2.72. The summed E-state index contributed by atoms with van der Waals surface area (Å²) in [6.07, 6.45) is 6.05. The number of nitrogens with one attached hydrogen (secondary N) is 4. The lowest BCUT2D eigenvalue weighted by Gasteiger charge is -2.30. The maximum absolute atomic E-state index is 6.60. The van der Waals surface area contributed by atoms with Gasteiger partial charge in [-0.05, 0) is 52.7 Å². The Morgan fingerprint density at radius 1 is 0.929 bits per heavy atom. The number of nitrogens with zero attached hydrogens (tertiary/aromatic N) is 1.